The molecule has 2 aromatic heterocycles. The predicted octanol–water partition coefficient (Wildman–Crippen LogP) is 1.73. The molecule has 2 fully saturated rings. The molecule has 0 spiro atoms. The summed E-state index contributed by atoms with van der Waals surface area (Å²) in [5.41, 5.74) is 6.62. The van der Waals surface area contributed by atoms with Crippen molar-refractivity contribution in [1.29, 1.82) is 0 Å². The summed E-state index contributed by atoms with van der Waals surface area (Å²) in [5.74, 6) is 1.05. The molecule has 0 radical (unpaired) electrons. The maximum Gasteiger partial charge on any atom is 0.225 e. The summed E-state index contributed by atoms with van der Waals surface area (Å²) in [7, 11) is 0. The number of anilines is 2. The average molecular weight is 456 g/mol. The Labute approximate surface area is 192 Å². The Kier molecular flexibility index (Phi) is 6.28. The second-order valence-corrected chi connectivity index (χ2v) is 9.02. The van der Waals surface area contributed by atoms with Gasteiger partial charge in [0.1, 0.15) is 11.5 Å². The number of furan rings is 1. The molecule has 176 valence electrons. The van der Waals surface area contributed by atoms with Gasteiger partial charge in [-0.2, -0.15) is 4.98 Å². The van der Waals surface area contributed by atoms with Gasteiger partial charge in [0.05, 0.1) is 24.7 Å². The smallest absolute Gasteiger partial charge is 0.225 e. The topological polar surface area (TPSA) is 121 Å². The zero-order valence-corrected chi connectivity index (χ0v) is 18.5. The molecule has 9 nitrogen and oxygen atoms in total. The molecule has 2 unspecified atom stereocenters. The number of carbonyl (C=O) groups excluding carboxylic acids is 1. The Morgan fingerprint density at radius 1 is 1.30 bits per heavy atom. The van der Waals surface area contributed by atoms with Gasteiger partial charge < -0.3 is 26.1 Å². The highest BCUT2D eigenvalue weighted by atomic mass is 19.1. The number of primary amides is 1. The van der Waals surface area contributed by atoms with Gasteiger partial charge >= 0.3 is 0 Å². The number of fused-ring (bicyclic) bond motifs is 1. The molecule has 1 amide bonds. The molecule has 3 heterocycles. The van der Waals surface area contributed by atoms with Crippen LogP contribution in [-0.4, -0.2) is 59.0 Å². The number of halogens is 1. The number of aromatic nitrogens is 2. The second-order valence-electron chi connectivity index (χ2n) is 9.02. The molecule has 33 heavy (non-hydrogen) atoms. The van der Waals surface area contributed by atoms with E-state index in [-0.39, 0.29) is 29.7 Å². The molecular weight excluding hydrogens is 425 g/mol. The predicted molar refractivity (Wildman–Crippen MR) is 123 cm³/mol. The zero-order chi connectivity index (χ0) is 22.8. The molecule has 3 atom stereocenters. The number of hydrogen-bond donors (Lipinski definition) is 4. The van der Waals surface area contributed by atoms with Crippen molar-refractivity contribution in [2.45, 2.75) is 44.3 Å². The lowest BCUT2D eigenvalue weighted by Gasteiger charge is -2.26. The molecule has 5 N–H and O–H groups in total. The van der Waals surface area contributed by atoms with Gasteiger partial charge in [-0.25, -0.2) is 9.37 Å². The highest BCUT2D eigenvalue weighted by Gasteiger charge is 2.32. The van der Waals surface area contributed by atoms with Crippen LogP contribution >= 0.6 is 0 Å². The number of nitrogens with zero attached hydrogens (tertiary/aromatic N) is 3. The molecule has 5 rings (SSSR count). The molecule has 1 saturated heterocycles. The largest absolute Gasteiger partial charge is 0.460 e. The summed E-state index contributed by atoms with van der Waals surface area (Å²) >= 11 is 0. The molecule has 0 bridgehead atoms. The average Bonchev–Trinajstić information content (AvgIpc) is 3.43. The van der Waals surface area contributed by atoms with Crippen LogP contribution in [0.15, 0.2) is 22.8 Å². The van der Waals surface area contributed by atoms with Crippen LogP contribution in [0.25, 0.3) is 6.08 Å². The van der Waals surface area contributed by atoms with E-state index in [1.54, 1.807) is 0 Å². The van der Waals surface area contributed by atoms with E-state index in [9.17, 15) is 9.18 Å². The molecule has 1 saturated carbocycles. The summed E-state index contributed by atoms with van der Waals surface area (Å²) in [4.78, 5) is 22.5. The first kappa shape index (κ1) is 21.8. The van der Waals surface area contributed by atoms with Crippen molar-refractivity contribution in [3.05, 3.63) is 41.2 Å². The third-order valence-electron chi connectivity index (χ3n) is 6.66. The Balaban J connectivity index is 1.22. The summed E-state index contributed by atoms with van der Waals surface area (Å²) in [6, 6.07) is 1.88. The Hall–Kier alpha value is -2.98. The molecule has 0 aromatic carbocycles. The van der Waals surface area contributed by atoms with E-state index in [1.807, 2.05) is 12.2 Å². The van der Waals surface area contributed by atoms with Gasteiger partial charge in [-0.05, 0) is 25.0 Å². The first-order chi connectivity index (χ1) is 16.0. The lowest BCUT2D eigenvalue weighted by Crippen LogP contribution is -2.42. The van der Waals surface area contributed by atoms with Gasteiger partial charge in [-0.15, -0.1) is 0 Å². The molecular formula is C23H30FN7O2. The van der Waals surface area contributed by atoms with Crippen molar-refractivity contribution in [2.24, 2.45) is 11.7 Å². The van der Waals surface area contributed by atoms with E-state index in [0.717, 1.165) is 75.3 Å². The van der Waals surface area contributed by atoms with E-state index in [1.165, 1.54) is 0 Å². The van der Waals surface area contributed by atoms with Crippen LogP contribution in [0, 0.1) is 11.7 Å². The maximum atomic E-state index is 14.4. The SMILES string of the molecule is NC(=O)[C@H]1CCCC1Nc1nc(NC2C=Cc3oc(CN4CCNCC4)cc3C2)ncc1F. The fourth-order valence-electron chi connectivity index (χ4n) is 4.93. The van der Waals surface area contributed by atoms with Crippen molar-refractivity contribution >= 4 is 23.7 Å². The quantitative estimate of drug-likeness (QED) is 0.498. The molecule has 10 heteroatoms. The Bertz CT molecular complexity index is 1030. The van der Waals surface area contributed by atoms with Crippen molar-refractivity contribution in [3.63, 3.8) is 0 Å². The number of nitrogens with two attached hydrogens (primary N) is 1. The summed E-state index contributed by atoms with van der Waals surface area (Å²) in [5, 5.41) is 9.70. The zero-order valence-electron chi connectivity index (χ0n) is 18.5. The highest BCUT2D eigenvalue weighted by molar-refractivity contribution is 5.78. The lowest BCUT2D eigenvalue weighted by atomic mass is 10.0. The third kappa shape index (κ3) is 5.01. The monoisotopic (exact) mass is 455 g/mol. The highest BCUT2D eigenvalue weighted by Crippen LogP contribution is 2.29. The Morgan fingerprint density at radius 3 is 2.97 bits per heavy atom. The van der Waals surface area contributed by atoms with E-state index in [2.05, 4.69) is 36.9 Å². The maximum absolute atomic E-state index is 14.4. The van der Waals surface area contributed by atoms with E-state index >= 15 is 0 Å². The van der Waals surface area contributed by atoms with Crippen molar-refractivity contribution in [3.8, 4) is 0 Å². The number of carbonyl (C=O) groups is 1. The molecule has 2 aromatic rings. The summed E-state index contributed by atoms with van der Waals surface area (Å²) < 4.78 is 20.4. The van der Waals surface area contributed by atoms with Gasteiger partial charge in [0.15, 0.2) is 11.6 Å². The van der Waals surface area contributed by atoms with E-state index in [0.29, 0.717) is 12.4 Å². The molecule has 1 aliphatic heterocycles. The first-order valence-corrected chi connectivity index (χ1v) is 11.6. The molecule has 2 aliphatic carbocycles. The van der Waals surface area contributed by atoms with Gasteiger partial charge in [-0.1, -0.05) is 12.5 Å². The van der Waals surface area contributed by atoms with Crippen molar-refractivity contribution in [2.75, 3.05) is 36.8 Å². The number of hydrogen-bond acceptors (Lipinski definition) is 8. The lowest BCUT2D eigenvalue weighted by molar-refractivity contribution is -0.121. The van der Waals surface area contributed by atoms with Gasteiger partial charge in [0.2, 0.25) is 11.9 Å². The van der Waals surface area contributed by atoms with Gasteiger partial charge in [0, 0.05) is 44.2 Å². The Morgan fingerprint density at radius 2 is 2.15 bits per heavy atom. The number of rotatable bonds is 7. The number of nitrogens with one attached hydrogen (secondary N) is 3. The summed E-state index contributed by atoms with van der Waals surface area (Å²) in [6.45, 7) is 4.86. The van der Waals surface area contributed by atoms with Crippen LogP contribution in [0.2, 0.25) is 0 Å². The van der Waals surface area contributed by atoms with Crippen LogP contribution in [0.4, 0.5) is 16.2 Å². The van der Waals surface area contributed by atoms with Gasteiger partial charge in [-0.3, -0.25) is 9.69 Å². The number of amides is 1. The van der Waals surface area contributed by atoms with Crippen molar-refractivity contribution in [1.82, 2.24) is 20.2 Å². The van der Waals surface area contributed by atoms with Gasteiger partial charge in [0.25, 0.3) is 0 Å². The van der Waals surface area contributed by atoms with Crippen LogP contribution in [0.1, 0.15) is 36.3 Å². The molecule has 3 aliphatic rings. The van der Waals surface area contributed by atoms with E-state index in [4.69, 9.17) is 10.2 Å². The van der Waals surface area contributed by atoms with E-state index < -0.39 is 5.82 Å². The van der Waals surface area contributed by atoms with Crippen LogP contribution in [0.5, 0.6) is 0 Å². The normalized spacial score (nSPS) is 25.1. The standard InChI is InChI=1S/C23H30FN7O2/c24-18-12-27-23(30-22(18)29-19-3-1-2-17(19)21(25)32)28-15-4-5-20-14(10-15)11-16(33-20)13-31-8-6-26-7-9-31/h4-5,11-12,15,17,19,26H,1-3,6-10,13H2,(H2,25,32)(H2,27,28,29,30)/t15?,17-,19?/m0/s1. The minimum Gasteiger partial charge on any atom is -0.460 e. The fourth-order valence-corrected chi connectivity index (χ4v) is 4.93. The fraction of sp³-hybridized carbons (Fsp3) is 0.522. The van der Waals surface area contributed by atoms with Crippen LogP contribution in [0.3, 0.4) is 0 Å². The number of piperazine rings is 1. The van der Waals surface area contributed by atoms with Crippen LogP contribution < -0.4 is 21.7 Å². The second kappa shape index (κ2) is 9.48. The first-order valence-electron chi connectivity index (χ1n) is 11.6. The minimum atomic E-state index is -0.551. The minimum absolute atomic E-state index is 0.0368. The van der Waals surface area contributed by atoms with Crippen LogP contribution in [-0.2, 0) is 17.8 Å². The third-order valence-corrected chi connectivity index (χ3v) is 6.66. The van der Waals surface area contributed by atoms with Crippen molar-refractivity contribution < 1.29 is 13.6 Å². The summed E-state index contributed by atoms with van der Waals surface area (Å²) in [6.07, 6.45) is 8.20.